The van der Waals surface area contributed by atoms with Crippen LogP contribution in [0.4, 0.5) is 0 Å². The van der Waals surface area contributed by atoms with E-state index in [0.717, 1.165) is 44.1 Å². The van der Waals surface area contributed by atoms with Gasteiger partial charge >= 0.3 is 11.9 Å². The van der Waals surface area contributed by atoms with E-state index in [1.54, 1.807) is 12.1 Å². The third-order valence-electron chi connectivity index (χ3n) is 4.71. The van der Waals surface area contributed by atoms with E-state index >= 15 is 0 Å². The molecule has 0 N–H and O–H groups in total. The van der Waals surface area contributed by atoms with Gasteiger partial charge in [-0.2, -0.15) is 0 Å². The lowest BCUT2D eigenvalue weighted by molar-refractivity contribution is -0.137. The molecule has 0 atom stereocenters. The maximum Gasteiger partial charge on any atom is 0.311 e. The molecule has 0 heterocycles. The summed E-state index contributed by atoms with van der Waals surface area (Å²) in [5.74, 6) is 1.18. The van der Waals surface area contributed by atoms with Crippen LogP contribution in [0.2, 0.25) is 0 Å². The van der Waals surface area contributed by atoms with Crippen LogP contribution in [-0.4, -0.2) is 11.9 Å². The number of halogens is 1. The molecule has 0 saturated carbocycles. The van der Waals surface area contributed by atoms with Crippen molar-refractivity contribution in [2.45, 2.75) is 85.5 Å². The van der Waals surface area contributed by atoms with Gasteiger partial charge in [-0.25, -0.2) is 0 Å². The highest BCUT2D eigenvalue weighted by molar-refractivity contribution is 9.10. The quantitative estimate of drug-likeness (QED) is 0.120. The Balaban J connectivity index is 2.80. The highest BCUT2D eigenvalue weighted by atomic mass is 79.9. The first-order valence-electron chi connectivity index (χ1n) is 11.1. The summed E-state index contributed by atoms with van der Waals surface area (Å²) in [6.07, 6.45) is 8.83. The number of benzene rings is 1. The molecule has 0 fully saturated rings. The molecule has 0 aliphatic heterocycles. The Hall–Kier alpha value is -1.62. The Bertz CT molecular complexity index is 695. The van der Waals surface area contributed by atoms with Gasteiger partial charge in [-0.15, -0.1) is 6.58 Å². The molecule has 1 aromatic rings. The van der Waals surface area contributed by atoms with Gasteiger partial charge in [0.2, 0.25) is 0 Å². The van der Waals surface area contributed by atoms with Crippen LogP contribution in [-0.2, 0) is 16.0 Å². The van der Waals surface area contributed by atoms with Gasteiger partial charge in [-0.1, -0.05) is 59.5 Å². The van der Waals surface area contributed by atoms with Crippen molar-refractivity contribution in [1.29, 1.82) is 0 Å². The zero-order valence-electron chi connectivity index (χ0n) is 19.0. The van der Waals surface area contributed by atoms with Crippen LogP contribution < -0.4 is 9.47 Å². The van der Waals surface area contributed by atoms with E-state index in [1.165, 1.54) is 0 Å². The fourth-order valence-electron chi connectivity index (χ4n) is 3.06. The van der Waals surface area contributed by atoms with Crippen molar-refractivity contribution in [2.75, 3.05) is 0 Å². The fourth-order valence-corrected chi connectivity index (χ4v) is 3.63. The molecule has 0 saturated heterocycles. The molecule has 1 aromatic carbocycles. The van der Waals surface area contributed by atoms with Crippen molar-refractivity contribution in [1.82, 2.24) is 0 Å². The van der Waals surface area contributed by atoms with E-state index in [2.05, 4.69) is 50.2 Å². The standard InChI is InChI=1S/C25H37BrO4/c1-6-11-20-16-21(26)25(30-24(28)15-10-8-13-19(4)5)22(17-20)29-23(27)14-9-7-12-18(2)3/h6,16-19H,1,7-15H2,2-5H3. The maximum atomic E-state index is 12.4. The van der Waals surface area contributed by atoms with Gasteiger partial charge in [-0.05, 0) is 64.7 Å². The molecule has 1 rings (SSSR count). The lowest BCUT2D eigenvalue weighted by Gasteiger charge is -2.14. The van der Waals surface area contributed by atoms with Gasteiger partial charge in [-0.3, -0.25) is 9.59 Å². The molecule has 0 radical (unpaired) electrons. The number of hydrogen-bond donors (Lipinski definition) is 0. The molecule has 0 aliphatic carbocycles. The average molecular weight is 481 g/mol. The van der Waals surface area contributed by atoms with Gasteiger partial charge in [0.15, 0.2) is 11.5 Å². The van der Waals surface area contributed by atoms with Crippen LogP contribution in [0.1, 0.15) is 84.6 Å². The predicted octanol–water partition coefficient (Wildman–Crippen LogP) is 7.42. The van der Waals surface area contributed by atoms with Crippen molar-refractivity contribution in [3.05, 3.63) is 34.8 Å². The second kappa shape index (κ2) is 14.4. The molecular formula is C25H37BrO4. The summed E-state index contributed by atoms with van der Waals surface area (Å²) < 4.78 is 11.8. The maximum absolute atomic E-state index is 12.4. The highest BCUT2D eigenvalue weighted by Crippen LogP contribution is 2.38. The van der Waals surface area contributed by atoms with Crippen LogP contribution in [0.5, 0.6) is 11.5 Å². The molecular weight excluding hydrogens is 444 g/mol. The number of ether oxygens (including phenoxy) is 2. The average Bonchev–Trinajstić information content (AvgIpc) is 2.65. The summed E-state index contributed by atoms with van der Waals surface area (Å²) in [5.41, 5.74) is 0.927. The van der Waals surface area contributed by atoms with Crippen molar-refractivity contribution in [2.24, 2.45) is 11.8 Å². The third kappa shape index (κ3) is 11.0. The van der Waals surface area contributed by atoms with Gasteiger partial charge in [0.25, 0.3) is 0 Å². The lowest BCUT2D eigenvalue weighted by Crippen LogP contribution is -2.13. The Morgan fingerprint density at radius 1 is 0.933 bits per heavy atom. The first-order valence-corrected chi connectivity index (χ1v) is 11.9. The summed E-state index contributed by atoms with van der Waals surface area (Å²) in [6, 6.07) is 3.61. The molecule has 0 unspecified atom stereocenters. The largest absolute Gasteiger partial charge is 0.422 e. The van der Waals surface area contributed by atoms with Crippen LogP contribution in [0.25, 0.3) is 0 Å². The molecule has 0 amide bonds. The number of rotatable bonds is 14. The number of carbonyl (C=O) groups is 2. The van der Waals surface area contributed by atoms with E-state index in [4.69, 9.17) is 9.47 Å². The fraction of sp³-hybridized carbons (Fsp3) is 0.600. The number of esters is 2. The summed E-state index contributed by atoms with van der Waals surface area (Å²) in [7, 11) is 0. The van der Waals surface area contributed by atoms with Crippen LogP contribution >= 0.6 is 15.9 Å². The van der Waals surface area contributed by atoms with Crippen LogP contribution in [0.15, 0.2) is 29.3 Å². The number of carbonyl (C=O) groups excluding carboxylic acids is 2. The molecule has 168 valence electrons. The van der Waals surface area contributed by atoms with E-state index in [0.29, 0.717) is 35.6 Å². The first-order chi connectivity index (χ1) is 14.2. The minimum atomic E-state index is -0.315. The topological polar surface area (TPSA) is 52.6 Å². The van der Waals surface area contributed by atoms with Crippen molar-refractivity contribution in [3.8, 4) is 11.5 Å². The summed E-state index contributed by atoms with van der Waals surface area (Å²) in [4.78, 5) is 24.7. The first kappa shape index (κ1) is 26.4. The minimum absolute atomic E-state index is 0.271. The number of unbranched alkanes of at least 4 members (excludes halogenated alkanes) is 2. The smallest absolute Gasteiger partial charge is 0.311 e. The zero-order valence-corrected chi connectivity index (χ0v) is 20.6. The highest BCUT2D eigenvalue weighted by Gasteiger charge is 2.18. The minimum Gasteiger partial charge on any atom is -0.422 e. The summed E-state index contributed by atoms with van der Waals surface area (Å²) in [6.45, 7) is 12.4. The number of hydrogen-bond acceptors (Lipinski definition) is 4. The molecule has 5 heteroatoms. The van der Waals surface area contributed by atoms with E-state index in [1.807, 2.05) is 6.07 Å². The summed E-state index contributed by atoms with van der Waals surface area (Å²) in [5, 5.41) is 0. The van der Waals surface area contributed by atoms with Crippen LogP contribution in [0, 0.1) is 11.8 Å². The van der Waals surface area contributed by atoms with Gasteiger partial charge in [0, 0.05) is 12.8 Å². The Labute approximate surface area is 190 Å². The Morgan fingerprint density at radius 2 is 1.47 bits per heavy atom. The van der Waals surface area contributed by atoms with Crippen molar-refractivity contribution >= 4 is 27.9 Å². The van der Waals surface area contributed by atoms with Gasteiger partial charge in [0.05, 0.1) is 4.47 Å². The second-order valence-corrected chi connectivity index (χ2v) is 9.48. The van der Waals surface area contributed by atoms with E-state index in [-0.39, 0.29) is 23.4 Å². The molecule has 30 heavy (non-hydrogen) atoms. The van der Waals surface area contributed by atoms with Crippen molar-refractivity contribution in [3.63, 3.8) is 0 Å². The molecule has 4 nitrogen and oxygen atoms in total. The van der Waals surface area contributed by atoms with Crippen LogP contribution in [0.3, 0.4) is 0 Å². The molecule has 0 aromatic heterocycles. The molecule has 0 bridgehead atoms. The van der Waals surface area contributed by atoms with Crippen molar-refractivity contribution < 1.29 is 19.1 Å². The monoisotopic (exact) mass is 480 g/mol. The lowest BCUT2D eigenvalue weighted by atomic mass is 10.1. The number of allylic oxidation sites excluding steroid dienone is 1. The predicted molar refractivity (Wildman–Crippen MR) is 126 cm³/mol. The van der Waals surface area contributed by atoms with Gasteiger partial charge < -0.3 is 9.47 Å². The zero-order chi connectivity index (χ0) is 22.5. The van der Waals surface area contributed by atoms with Gasteiger partial charge in [0.1, 0.15) is 0 Å². The van der Waals surface area contributed by atoms with E-state index < -0.39 is 0 Å². The molecule has 0 spiro atoms. The SMILES string of the molecule is C=CCc1cc(Br)c(OC(=O)CCCCC(C)C)c(OC(=O)CCCCC(C)C)c1. The molecule has 0 aliphatic rings. The van der Waals surface area contributed by atoms with E-state index in [9.17, 15) is 9.59 Å². The summed E-state index contributed by atoms with van der Waals surface area (Å²) >= 11 is 3.46. The Morgan fingerprint density at radius 3 is 1.97 bits per heavy atom. The second-order valence-electron chi connectivity index (χ2n) is 8.63. The third-order valence-corrected chi connectivity index (χ3v) is 5.30. The normalized spacial score (nSPS) is 11.0. The Kier molecular flexibility index (Phi) is 12.7.